The van der Waals surface area contributed by atoms with Crippen molar-refractivity contribution in [2.45, 2.75) is 25.7 Å². The van der Waals surface area contributed by atoms with E-state index in [1.54, 1.807) is 49.1 Å². The molecule has 1 aromatic carbocycles. The zero-order valence-electron chi connectivity index (χ0n) is 18.5. The molecule has 4 rings (SSSR count). The van der Waals surface area contributed by atoms with Crippen LogP contribution in [0.1, 0.15) is 28.7 Å². The molecule has 33 heavy (non-hydrogen) atoms. The van der Waals surface area contributed by atoms with Gasteiger partial charge in [-0.15, -0.1) is 0 Å². The predicted molar refractivity (Wildman–Crippen MR) is 119 cm³/mol. The number of benzene rings is 1. The van der Waals surface area contributed by atoms with Gasteiger partial charge >= 0.3 is 0 Å². The summed E-state index contributed by atoms with van der Waals surface area (Å²) in [6, 6.07) is 8.26. The van der Waals surface area contributed by atoms with E-state index in [0.717, 1.165) is 0 Å². The molecular weight excluding hydrogens is 448 g/mol. The fourth-order valence-electron chi connectivity index (χ4n) is 3.82. The molecule has 0 radical (unpaired) electrons. The van der Waals surface area contributed by atoms with Crippen LogP contribution in [0.15, 0.2) is 50.4 Å². The second kappa shape index (κ2) is 8.83. The average Bonchev–Trinajstić information content (AvgIpc) is 3.44. The SMILES string of the molecule is CC(=O)Nc1onc(C)c1-c1ccc(C)c(S(=O)(=O)N2CCN(C(=O)c3ccco3)CC2)c1. The Morgan fingerprint density at radius 3 is 2.45 bits per heavy atom. The summed E-state index contributed by atoms with van der Waals surface area (Å²) in [4.78, 5) is 25.7. The summed E-state index contributed by atoms with van der Waals surface area (Å²) in [7, 11) is -3.82. The Balaban J connectivity index is 1.59. The van der Waals surface area contributed by atoms with Gasteiger partial charge in [-0.1, -0.05) is 17.3 Å². The molecule has 0 unspecified atom stereocenters. The molecule has 1 saturated heterocycles. The third-order valence-electron chi connectivity index (χ3n) is 5.50. The van der Waals surface area contributed by atoms with Crippen LogP contribution < -0.4 is 5.32 Å². The van der Waals surface area contributed by atoms with Crippen molar-refractivity contribution in [3.05, 3.63) is 53.6 Å². The molecule has 0 atom stereocenters. The highest BCUT2D eigenvalue weighted by molar-refractivity contribution is 7.89. The second-order valence-electron chi connectivity index (χ2n) is 7.81. The minimum Gasteiger partial charge on any atom is -0.459 e. The Bertz CT molecular complexity index is 1290. The van der Waals surface area contributed by atoms with E-state index < -0.39 is 10.0 Å². The number of furan rings is 1. The Kier molecular flexibility index (Phi) is 6.09. The van der Waals surface area contributed by atoms with E-state index in [9.17, 15) is 18.0 Å². The molecule has 0 bridgehead atoms. The van der Waals surface area contributed by atoms with Crippen molar-refractivity contribution in [1.82, 2.24) is 14.4 Å². The first-order chi connectivity index (χ1) is 15.7. The quantitative estimate of drug-likeness (QED) is 0.605. The van der Waals surface area contributed by atoms with E-state index >= 15 is 0 Å². The van der Waals surface area contributed by atoms with Gasteiger partial charge < -0.3 is 13.8 Å². The first-order valence-electron chi connectivity index (χ1n) is 10.4. The maximum absolute atomic E-state index is 13.5. The number of carbonyl (C=O) groups excluding carboxylic acids is 2. The van der Waals surface area contributed by atoms with Gasteiger partial charge in [0.05, 0.1) is 22.4 Å². The maximum atomic E-state index is 13.5. The van der Waals surface area contributed by atoms with Crippen LogP contribution in [0.25, 0.3) is 11.1 Å². The van der Waals surface area contributed by atoms with Crippen molar-refractivity contribution >= 4 is 27.7 Å². The van der Waals surface area contributed by atoms with Crippen molar-refractivity contribution < 1.29 is 26.9 Å². The maximum Gasteiger partial charge on any atom is 0.289 e. The number of aromatic nitrogens is 1. The molecule has 3 heterocycles. The summed E-state index contributed by atoms with van der Waals surface area (Å²) in [5.41, 5.74) is 2.20. The average molecular weight is 473 g/mol. The third-order valence-corrected chi connectivity index (χ3v) is 7.55. The largest absolute Gasteiger partial charge is 0.459 e. The first kappa shape index (κ1) is 22.7. The van der Waals surface area contributed by atoms with Crippen molar-refractivity contribution in [3.63, 3.8) is 0 Å². The van der Waals surface area contributed by atoms with Crippen LogP contribution >= 0.6 is 0 Å². The standard InChI is InChI=1S/C22H24N4O6S/c1-14-6-7-17(20-15(2)24-32-21(20)23-16(3)27)13-19(14)33(29,30)26-10-8-25(9-11-26)22(28)18-5-4-12-31-18/h4-7,12-13H,8-11H2,1-3H3,(H,23,27). The van der Waals surface area contributed by atoms with E-state index in [2.05, 4.69) is 10.5 Å². The second-order valence-corrected chi connectivity index (χ2v) is 9.71. The molecule has 0 saturated carbocycles. The zero-order chi connectivity index (χ0) is 23.8. The van der Waals surface area contributed by atoms with Gasteiger partial charge in [-0.3, -0.25) is 14.9 Å². The van der Waals surface area contributed by atoms with Gasteiger partial charge in [-0.25, -0.2) is 8.42 Å². The highest BCUT2D eigenvalue weighted by atomic mass is 32.2. The normalized spacial score (nSPS) is 14.9. The van der Waals surface area contributed by atoms with Gasteiger partial charge in [0.2, 0.25) is 21.8 Å². The number of amides is 2. The van der Waals surface area contributed by atoms with Crippen molar-refractivity contribution in [3.8, 4) is 11.1 Å². The van der Waals surface area contributed by atoms with Crippen LogP contribution in [0.4, 0.5) is 5.88 Å². The van der Waals surface area contributed by atoms with Crippen LogP contribution in [0.5, 0.6) is 0 Å². The fourth-order valence-corrected chi connectivity index (χ4v) is 5.49. The molecule has 1 fully saturated rings. The number of rotatable bonds is 5. The van der Waals surface area contributed by atoms with Crippen LogP contribution in [0, 0.1) is 13.8 Å². The van der Waals surface area contributed by atoms with Crippen LogP contribution in [-0.2, 0) is 14.8 Å². The van der Waals surface area contributed by atoms with E-state index in [1.807, 2.05) is 0 Å². The summed E-state index contributed by atoms with van der Waals surface area (Å²) in [5, 5.41) is 6.48. The third kappa shape index (κ3) is 4.41. The molecule has 11 heteroatoms. The minimum atomic E-state index is -3.82. The van der Waals surface area contributed by atoms with E-state index in [0.29, 0.717) is 22.4 Å². The summed E-state index contributed by atoms with van der Waals surface area (Å²) in [6.07, 6.45) is 1.43. The lowest BCUT2D eigenvalue weighted by Gasteiger charge is -2.33. The van der Waals surface area contributed by atoms with E-state index in [1.165, 1.54) is 17.5 Å². The Morgan fingerprint density at radius 2 is 1.82 bits per heavy atom. The first-order valence-corrected chi connectivity index (χ1v) is 11.8. The highest BCUT2D eigenvalue weighted by Crippen LogP contribution is 2.34. The summed E-state index contributed by atoms with van der Waals surface area (Å²) in [6.45, 7) is 5.65. The number of nitrogens with zero attached hydrogens (tertiary/aromatic N) is 3. The number of carbonyl (C=O) groups is 2. The fraction of sp³-hybridized carbons (Fsp3) is 0.318. The minimum absolute atomic E-state index is 0.153. The van der Waals surface area contributed by atoms with Gasteiger partial charge in [-0.2, -0.15) is 4.31 Å². The van der Waals surface area contributed by atoms with Crippen molar-refractivity contribution in [2.75, 3.05) is 31.5 Å². The van der Waals surface area contributed by atoms with Gasteiger partial charge in [0, 0.05) is 33.1 Å². The van der Waals surface area contributed by atoms with Gasteiger partial charge in [-0.05, 0) is 43.2 Å². The smallest absolute Gasteiger partial charge is 0.289 e. The van der Waals surface area contributed by atoms with Gasteiger partial charge in [0.1, 0.15) is 0 Å². The molecule has 174 valence electrons. The number of nitrogens with one attached hydrogen (secondary N) is 1. The van der Waals surface area contributed by atoms with Gasteiger partial charge in [0.15, 0.2) is 5.76 Å². The number of sulfonamides is 1. The number of piperazine rings is 1. The summed E-state index contributed by atoms with van der Waals surface area (Å²) >= 11 is 0. The van der Waals surface area contributed by atoms with Crippen LogP contribution in [0.3, 0.4) is 0 Å². The molecule has 3 aromatic rings. The molecule has 2 aromatic heterocycles. The number of anilines is 1. The Morgan fingerprint density at radius 1 is 1.09 bits per heavy atom. The Hall–Kier alpha value is -3.44. The lowest BCUT2D eigenvalue weighted by atomic mass is 10.0. The van der Waals surface area contributed by atoms with Crippen LogP contribution in [-0.4, -0.2) is 60.8 Å². The number of aryl methyl sites for hydroxylation is 2. The predicted octanol–water partition coefficient (Wildman–Crippen LogP) is 2.66. The zero-order valence-corrected chi connectivity index (χ0v) is 19.3. The van der Waals surface area contributed by atoms with E-state index in [-0.39, 0.29) is 54.5 Å². The topological polar surface area (TPSA) is 126 Å². The molecule has 1 aliphatic rings. The van der Waals surface area contributed by atoms with Gasteiger partial charge in [0.25, 0.3) is 5.91 Å². The van der Waals surface area contributed by atoms with Crippen LogP contribution in [0.2, 0.25) is 0 Å². The molecule has 10 nitrogen and oxygen atoms in total. The lowest BCUT2D eigenvalue weighted by Crippen LogP contribution is -2.50. The summed E-state index contributed by atoms with van der Waals surface area (Å²) < 4.78 is 38.7. The molecule has 1 N–H and O–H groups in total. The molecule has 0 aliphatic carbocycles. The Labute approximate surface area is 191 Å². The highest BCUT2D eigenvalue weighted by Gasteiger charge is 2.32. The number of hydrogen-bond donors (Lipinski definition) is 1. The van der Waals surface area contributed by atoms with Crippen molar-refractivity contribution in [1.29, 1.82) is 0 Å². The monoisotopic (exact) mass is 472 g/mol. The van der Waals surface area contributed by atoms with E-state index in [4.69, 9.17) is 8.94 Å². The lowest BCUT2D eigenvalue weighted by molar-refractivity contribution is -0.114. The molecule has 1 aliphatic heterocycles. The van der Waals surface area contributed by atoms with Crippen molar-refractivity contribution in [2.24, 2.45) is 0 Å². The summed E-state index contributed by atoms with van der Waals surface area (Å²) in [5.74, 6) is -0.191. The number of hydrogen-bond acceptors (Lipinski definition) is 7. The molecule has 2 amide bonds. The molecular formula is C22H24N4O6S. The molecule has 0 spiro atoms.